The second-order valence-corrected chi connectivity index (χ2v) is 4.09. The maximum absolute atomic E-state index is 13.4. The number of carbonyl (C=O) groups is 1. The van der Waals surface area contributed by atoms with Crippen molar-refractivity contribution in [3.8, 4) is 0 Å². The van der Waals surface area contributed by atoms with E-state index in [0.29, 0.717) is 12.1 Å². The van der Waals surface area contributed by atoms with Gasteiger partial charge in [-0.2, -0.15) is 0 Å². The van der Waals surface area contributed by atoms with Gasteiger partial charge in [0.1, 0.15) is 5.82 Å². The molecule has 0 amide bonds. The average Bonchev–Trinajstić information content (AvgIpc) is 2.25. The Hall–Kier alpha value is -1.46. The molecule has 0 fully saturated rings. The van der Waals surface area contributed by atoms with Crippen LogP contribution in [0.25, 0.3) is 0 Å². The maximum atomic E-state index is 13.4. The fourth-order valence-corrected chi connectivity index (χ4v) is 1.37. The van der Waals surface area contributed by atoms with E-state index < -0.39 is 5.97 Å². The molecule has 17 heavy (non-hydrogen) atoms. The summed E-state index contributed by atoms with van der Waals surface area (Å²) in [5.41, 5.74) is 0.486. The number of aromatic carboxylic acids is 1. The van der Waals surface area contributed by atoms with Crippen LogP contribution in [0, 0.1) is 5.82 Å². The molecule has 0 radical (unpaired) electrons. The lowest BCUT2D eigenvalue weighted by molar-refractivity contribution is 0.0696. The van der Waals surface area contributed by atoms with E-state index >= 15 is 0 Å². The first-order valence-electron chi connectivity index (χ1n) is 5.38. The van der Waals surface area contributed by atoms with Crippen molar-refractivity contribution in [2.24, 2.45) is 0 Å². The average molecular weight is 240 g/mol. The summed E-state index contributed by atoms with van der Waals surface area (Å²) >= 11 is 0. The van der Waals surface area contributed by atoms with Crippen molar-refractivity contribution >= 4 is 5.97 Å². The lowest BCUT2D eigenvalue weighted by atomic mass is 10.1. The number of hydrogen-bond acceptors (Lipinski definition) is 3. The van der Waals surface area contributed by atoms with Gasteiger partial charge in [-0.05, 0) is 32.3 Å². The van der Waals surface area contributed by atoms with Crippen LogP contribution in [0.3, 0.4) is 0 Å². The zero-order chi connectivity index (χ0) is 12.8. The Morgan fingerprint density at radius 1 is 1.47 bits per heavy atom. The van der Waals surface area contributed by atoms with Gasteiger partial charge in [0.25, 0.3) is 0 Å². The summed E-state index contributed by atoms with van der Waals surface area (Å²) in [4.78, 5) is 12.7. The summed E-state index contributed by atoms with van der Waals surface area (Å²) in [6, 6.07) is 3.81. The number of carboxylic acids is 1. The third-order valence-corrected chi connectivity index (χ3v) is 2.34. The van der Waals surface area contributed by atoms with Crippen molar-refractivity contribution in [1.29, 1.82) is 0 Å². The van der Waals surface area contributed by atoms with E-state index in [1.165, 1.54) is 18.2 Å². The molecule has 94 valence electrons. The summed E-state index contributed by atoms with van der Waals surface area (Å²) in [6.45, 7) is 1.91. The van der Waals surface area contributed by atoms with E-state index in [0.717, 1.165) is 13.1 Å². The van der Waals surface area contributed by atoms with Crippen LogP contribution in [0.2, 0.25) is 0 Å². The van der Waals surface area contributed by atoms with Crippen molar-refractivity contribution in [1.82, 2.24) is 10.2 Å². The van der Waals surface area contributed by atoms with Gasteiger partial charge in [-0.1, -0.05) is 0 Å². The second-order valence-electron chi connectivity index (χ2n) is 4.09. The summed E-state index contributed by atoms with van der Waals surface area (Å²) in [5, 5.41) is 11.9. The highest BCUT2D eigenvalue weighted by Crippen LogP contribution is 2.10. The van der Waals surface area contributed by atoms with Gasteiger partial charge in [0.2, 0.25) is 0 Å². The molecule has 0 bridgehead atoms. The number of nitrogens with zero attached hydrogens (tertiary/aromatic N) is 1. The maximum Gasteiger partial charge on any atom is 0.335 e. The van der Waals surface area contributed by atoms with Gasteiger partial charge in [-0.15, -0.1) is 0 Å². The van der Waals surface area contributed by atoms with E-state index in [9.17, 15) is 9.18 Å². The molecule has 0 unspecified atom stereocenters. The molecule has 0 saturated carbocycles. The molecule has 1 aromatic rings. The van der Waals surface area contributed by atoms with Crippen LogP contribution in [0.5, 0.6) is 0 Å². The largest absolute Gasteiger partial charge is 0.478 e. The van der Waals surface area contributed by atoms with E-state index in [-0.39, 0.29) is 11.4 Å². The van der Waals surface area contributed by atoms with E-state index in [4.69, 9.17) is 5.11 Å². The van der Waals surface area contributed by atoms with Crippen LogP contribution in [-0.4, -0.2) is 43.2 Å². The van der Waals surface area contributed by atoms with Crippen LogP contribution < -0.4 is 5.32 Å². The summed E-state index contributed by atoms with van der Waals surface area (Å²) in [7, 11) is 3.90. The lowest BCUT2D eigenvalue weighted by Crippen LogP contribution is -2.26. The predicted molar refractivity (Wildman–Crippen MR) is 63.6 cm³/mol. The highest BCUT2D eigenvalue weighted by atomic mass is 19.1. The minimum atomic E-state index is -1.04. The molecule has 0 aliphatic heterocycles. The Morgan fingerprint density at radius 3 is 2.76 bits per heavy atom. The Kier molecular flexibility index (Phi) is 5.06. The molecule has 2 N–H and O–H groups in total. The fraction of sp³-hybridized carbons (Fsp3) is 0.417. The minimum Gasteiger partial charge on any atom is -0.478 e. The van der Waals surface area contributed by atoms with Gasteiger partial charge < -0.3 is 15.3 Å². The minimum absolute atomic E-state index is 0.107. The number of carboxylic acid groups (broad SMARTS) is 1. The molecule has 0 spiro atoms. The molecule has 0 aromatic heterocycles. The topological polar surface area (TPSA) is 52.6 Å². The Labute approximate surface area is 100 Å². The van der Waals surface area contributed by atoms with Crippen LogP contribution in [0.4, 0.5) is 4.39 Å². The van der Waals surface area contributed by atoms with E-state index in [1.54, 1.807) is 0 Å². The first-order valence-corrected chi connectivity index (χ1v) is 5.38. The number of benzene rings is 1. The number of likely N-dealkylation sites (N-methyl/N-ethyl adjacent to an activating group) is 1. The van der Waals surface area contributed by atoms with Crippen LogP contribution in [0.15, 0.2) is 18.2 Å². The number of halogens is 1. The first kappa shape index (κ1) is 13.6. The van der Waals surface area contributed by atoms with Crippen molar-refractivity contribution in [2.45, 2.75) is 6.54 Å². The van der Waals surface area contributed by atoms with Crippen molar-refractivity contribution in [3.63, 3.8) is 0 Å². The first-order chi connectivity index (χ1) is 8.00. The lowest BCUT2D eigenvalue weighted by Gasteiger charge is -2.11. The highest BCUT2D eigenvalue weighted by Gasteiger charge is 2.07. The third kappa shape index (κ3) is 4.50. The fourth-order valence-electron chi connectivity index (χ4n) is 1.37. The van der Waals surface area contributed by atoms with E-state index in [2.05, 4.69) is 5.32 Å². The molecule has 0 atom stereocenters. The smallest absolute Gasteiger partial charge is 0.335 e. The highest BCUT2D eigenvalue weighted by molar-refractivity contribution is 5.87. The Balaban J connectivity index is 2.57. The number of hydrogen-bond donors (Lipinski definition) is 2. The molecule has 0 saturated heterocycles. The van der Waals surface area contributed by atoms with Gasteiger partial charge in [0.15, 0.2) is 0 Å². The van der Waals surface area contributed by atoms with Crippen LogP contribution >= 0.6 is 0 Å². The molecular formula is C12H17FN2O2. The summed E-state index contributed by atoms with van der Waals surface area (Å²) in [5.74, 6) is -1.42. The van der Waals surface area contributed by atoms with Gasteiger partial charge >= 0.3 is 5.97 Å². The van der Waals surface area contributed by atoms with Gasteiger partial charge in [0, 0.05) is 25.2 Å². The molecule has 1 aromatic carbocycles. The van der Waals surface area contributed by atoms with Crippen molar-refractivity contribution < 1.29 is 14.3 Å². The molecule has 0 heterocycles. The molecular weight excluding hydrogens is 223 g/mol. The van der Waals surface area contributed by atoms with Crippen molar-refractivity contribution in [2.75, 3.05) is 27.2 Å². The Bertz CT molecular complexity index is 394. The quantitative estimate of drug-likeness (QED) is 0.733. The van der Waals surface area contributed by atoms with Gasteiger partial charge in [-0.3, -0.25) is 0 Å². The van der Waals surface area contributed by atoms with Crippen LogP contribution in [0.1, 0.15) is 15.9 Å². The molecule has 4 nitrogen and oxygen atoms in total. The Morgan fingerprint density at radius 2 is 2.18 bits per heavy atom. The summed E-state index contributed by atoms with van der Waals surface area (Å²) < 4.78 is 13.4. The van der Waals surface area contributed by atoms with Gasteiger partial charge in [-0.25, -0.2) is 9.18 Å². The SMILES string of the molecule is CN(C)CCNCc1cc(C(=O)O)ccc1F. The monoisotopic (exact) mass is 240 g/mol. The standard InChI is InChI=1S/C12H17FN2O2/c1-15(2)6-5-14-8-10-7-9(12(16)17)3-4-11(10)13/h3-4,7,14H,5-6,8H2,1-2H3,(H,16,17). The van der Waals surface area contributed by atoms with Crippen molar-refractivity contribution in [3.05, 3.63) is 35.1 Å². The molecule has 0 aliphatic rings. The molecule has 5 heteroatoms. The second kappa shape index (κ2) is 6.32. The third-order valence-electron chi connectivity index (χ3n) is 2.34. The zero-order valence-corrected chi connectivity index (χ0v) is 10.0. The number of nitrogens with one attached hydrogen (secondary N) is 1. The summed E-state index contributed by atoms with van der Waals surface area (Å²) in [6.07, 6.45) is 0. The van der Waals surface area contributed by atoms with Crippen LogP contribution in [-0.2, 0) is 6.54 Å². The normalized spacial score (nSPS) is 10.8. The zero-order valence-electron chi connectivity index (χ0n) is 10.0. The predicted octanol–water partition coefficient (Wildman–Crippen LogP) is 1.18. The van der Waals surface area contributed by atoms with E-state index in [1.807, 2.05) is 19.0 Å². The molecule has 0 aliphatic carbocycles. The number of rotatable bonds is 6. The van der Waals surface area contributed by atoms with Gasteiger partial charge in [0.05, 0.1) is 5.56 Å². The molecule has 1 rings (SSSR count).